The fourth-order valence-electron chi connectivity index (χ4n) is 2.99. The summed E-state index contributed by atoms with van der Waals surface area (Å²) in [6.45, 7) is 4.33. The monoisotopic (exact) mass is 265 g/mol. The van der Waals surface area contributed by atoms with E-state index in [2.05, 4.69) is 14.8 Å². The van der Waals surface area contributed by atoms with Crippen LogP contribution in [0.1, 0.15) is 25.7 Å². The van der Waals surface area contributed by atoms with Gasteiger partial charge in [-0.3, -0.25) is 10.4 Å². The molecule has 1 N–H and O–H groups in total. The van der Waals surface area contributed by atoms with Crippen molar-refractivity contribution in [1.29, 1.82) is 5.41 Å². The Labute approximate surface area is 116 Å². The summed E-state index contributed by atoms with van der Waals surface area (Å²) in [6.07, 6.45) is 4.76. The molecule has 2 rings (SSSR count). The summed E-state index contributed by atoms with van der Waals surface area (Å²) in [7, 11) is 5.89. The molecular weight excluding hydrogens is 238 g/mol. The van der Waals surface area contributed by atoms with Gasteiger partial charge in [-0.25, -0.2) is 0 Å². The molecule has 0 aromatic rings. The lowest BCUT2D eigenvalue weighted by Crippen LogP contribution is -2.40. The summed E-state index contributed by atoms with van der Waals surface area (Å²) in [5.41, 5.74) is 0. The number of nitrogens with one attached hydrogen (secondary N) is 1. The predicted molar refractivity (Wildman–Crippen MR) is 79.9 cm³/mol. The fraction of sp³-hybridized carbons (Fsp3) is 0.857. The third-order valence-electron chi connectivity index (χ3n) is 4.15. The van der Waals surface area contributed by atoms with E-state index in [0.717, 1.165) is 26.1 Å². The first-order valence-electron chi connectivity index (χ1n) is 7.33. The summed E-state index contributed by atoms with van der Waals surface area (Å²) < 4.78 is 0. The number of aliphatic imine (C=N–C) groups is 1. The average molecular weight is 265 g/mol. The van der Waals surface area contributed by atoms with Crippen LogP contribution in [0.3, 0.4) is 0 Å². The topological polar surface area (TPSA) is 45.9 Å². The Kier molecular flexibility index (Phi) is 4.66. The van der Waals surface area contributed by atoms with Gasteiger partial charge in [-0.15, -0.1) is 0 Å². The maximum atomic E-state index is 8.00. The Balaban J connectivity index is 1.88. The van der Waals surface area contributed by atoms with E-state index in [1.54, 1.807) is 0 Å². The Hall–Kier alpha value is -1.26. The fourth-order valence-corrected chi connectivity index (χ4v) is 2.99. The van der Waals surface area contributed by atoms with Crippen LogP contribution in [-0.4, -0.2) is 73.8 Å². The molecule has 2 aliphatic heterocycles. The highest BCUT2D eigenvalue weighted by molar-refractivity contribution is 5.83. The molecule has 2 aliphatic rings. The first kappa shape index (κ1) is 14.2. The van der Waals surface area contributed by atoms with E-state index >= 15 is 0 Å². The molecule has 5 nitrogen and oxygen atoms in total. The summed E-state index contributed by atoms with van der Waals surface area (Å²) in [4.78, 5) is 11.1. The second-order valence-corrected chi connectivity index (χ2v) is 5.93. The summed E-state index contributed by atoms with van der Waals surface area (Å²) in [5.74, 6) is 2.61. The van der Waals surface area contributed by atoms with E-state index in [4.69, 9.17) is 5.41 Å². The molecule has 19 heavy (non-hydrogen) atoms. The van der Waals surface area contributed by atoms with E-state index in [1.165, 1.54) is 31.6 Å². The van der Waals surface area contributed by atoms with Crippen molar-refractivity contribution < 1.29 is 0 Å². The van der Waals surface area contributed by atoms with Crippen LogP contribution in [0, 0.1) is 11.3 Å². The zero-order chi connectivity index (χ0) is 13.8. The number of fused-ring (bicyclic) bond motifs is 1. The highest BCUT2D eigenvalue weighted by atomic mass is 15.3. The molecule has 108 valence electrons. The maximum Gasteiger partial charge on any atom is 0.192 e. The van der Waals surface area contributed by atoms with Gasteiger partial charge in [0, 0.05) is 53.7 Å². The van der Waals surface area contributed by atoms with Crippen molar-refractivity contribution >= 4 is 11.8 Å². The molecule has 0 spiro atoms. The van der Waals surface area contributed by atoms with E-state index in [1.807, 2.05) is 26.0 Å². The third kappa shape index (κ3) is 3.61. The van der Waals surface area contributed by atoms with E-state index < -0.39 is 0 Å². The first-order chi connectivity index (χ1) is 9.08. The molecule has 1 atom stereocenters. The molecule has 2 heterocycles. The molecule has 0 bridgehead atoms. The highest BCUT2D eigenvalue weighted by Crippen LogP contribution is 2.22. The minimum atomic E-state index is 0.597. The molecule has 0 radical (unpaired) electrons. The number of rotatable bonds is 2. The van der Waals surface area contributed by atoms with Gasteiger partial charge < -0.3 is 14.7 Å². The number of amidine groups is 1. The lowest BCUT2D eigenvalue weighted by Gasteiger charge is -2.29. The van der Waals surface area contributed by atoms with Crippen LogP contribution in [0.4, 0.5) is 0 Å². The van der Waals surface area contributed by atoms with Gasteiger partial charge in [0.2, 0.25) is 0 Å². The van der Waals surface area contributed by atoms with Crippen molar-refractivity contribution in [3.05, 3.63) is 0 Å². The zero-order valence-electron chi connectivity index (χ0n) is 12.5. The minimum Gasteiger partial charge on any atom is -0.360 e. The van der Waals surface area contributed by atoms with E-state index in [-0.39, 0.29) is 0 Å². The minimum absolute atomic E-state index is 0.597. The number of hydrogen-bond acceptors (Lipinski definition) is 3. The van der Waals surface area contributed by atoms with Gasteiger partial charge in [0.1, 0.15) is 0 Å². The van der Waals surface area contributed by atoms with Gasteiger partial charge >= 0.3 is 0 Å². The average Bonchev–Trinajstić information content (AvgIpc) is 2.60. The maximum absolute atomic E-state index is 8.00. The van der Waals surface area contributed by atoms with Crippen LogP contribution in [0.25, 0.3) is 0 Å². The van der Waals surface area contributed by atoms with E-state index in [0.29, 0.717) is 11.9 Å². The smallest absolute Gasteiger partial charge is 0.192 e. The molecule has 0 aliphatic carbocycles. The lowest BCUT2D eigenvalue weighted by atomic mass is 10.0. The molecule has 1 fully saturated rings. The quantitative estimate of drug-likeness (QED) is 0.605. The molecular formula is C14H27N5. The van der Waals surface area contributed by atoms with Crippen LogP contribution in [0.15, 0.2) is 4.99 Å². The highest BCUT2D eigenvalue weighted by Gasteiger charge is 2.24. The molecule has 0 aromatic carbocycles. The Morgan fingerprint density at radius 1 is 1.32 bits per heavy atom. The van der Waals surface area contributed by atoms with Crippen LogP contribution >= 0.6 is 0 Å². The Morgan fingerprint density at radius 2 is 2.11 bits per heavy atom. The SMILES string of the molecule is CN(C)C(=N)N(C)CC1CCC2=NCCCN2CC1. The molecule has 0 aromatic heterocycles. The van der Waals surface area contributed by atoms with Gasteiger partial charge in [-0.05, 0) is 25.2 Å². The normalized spacial score (nSPS) is 23.2. The number of guanidine groups is 1. The molecule has 0 amide bonds. The standard InChI is InChI=1S/C14H27N5/c1-17(2)14(15)18(3)11-12-5-6-13-16-8-4-9-19(13)10-7-12/h12,15H,4-11H2,1-3H3. The van der Waals surface area contributed by atoms with Crippen molar-refractivity contribution in [2.45, 2.75) is 25.7 Å². The van der Waals surface area contributed by atoms with Crippen LogP contribution < -0.4 is 0 Å². The Bertz CT molecular complexity index is 350. The molecule has 1 unspecified atom stereocenters. The number of hydrogen-bond donors (Lipinski definition) is 1. The molecule has 1 saturated heterocycles. The Morgan fingerprint density at radius 3 is 2.84 bits per heavy atom. The lowest BCUT2D eigenvalue weighted by molar-refractivity contribution is 0.308. The molecule has 0 saturated carbocycles. The summed E-state index contributed by atoms with van der Waals surface area (Å²) >= 11 is 0. The van der Waals surface area contributed by atoms with E-state index in [9.17, 15) is 0 Å². The zero-order valence-corrected chi connectivity index (χ0v) is 12.5. The van der Waals surface area contributed by atoms with Gasteiger partial charge in [0.05, 0.1) is 5.84 Å². The summed E-state index contributed by atoms with van der Waals surface area (Å²) in [6, 6.07) is 0. The van der Waals surface area contributed by atoms with Gasteiger partial charge in [-0.2, -0.15) is 0 Å². The third-order valence-corrected chi connectivity index (χ3v) is 4.15. The van der Waals surface area contributed by atoms with Gasteiger partial charge in [0.15, 0.2) is 5.96 Å². The second-order valence-electron chi connectivity index (χ2n) is 5.93. The predicted octanol–water partition coefficient (Wildman–Crippen LogP) is 1.32. The van der Waals surface area contributed by atoms with Crippen LogP contribution in [-0.2, 0) is 0 Å². The van der Waals surface area contributed by atoms with Gasteiger partial charge in [-0.1, -0.05) is 0 Å². The number of nitrogens with zero attached hydrogens (tertiary/aromatic N) is 4. The second kappa shape index (κ2) is 6.26. The van der Waals surface area contributed by atoms with Crippen LogP contribution in [0.2, 0.25) is 0 Å². The van der Waals surface area contributed by atoms with Gasteiger partial charge in [0.25, 0.3) is 0 Å². The largest absolute Gasteiger partial charge is 0.360 e. The van der Waals surface area contributed by atoms with Crippen molar-refractivity contribution in [2.75, 3.05) is 47.3 Å². The van der Waals surface area contributed by atoms with Crippen molar-refractivity contribution in [2.24, 2.45) is 10.9 Å². The molecule has 5 heteroatoms. The van der Waals surface area contributed by atoms with Crippen LogP contribution in [0.5, 0.6) is 0 Å². The first-order valence-corrected chi connectivity index (χ1v) is 7.33. The summed E-state index contributed by atoms with van der Waals surface area (Å²) in [5, 5.41) is 8.00. The van der Waals surface area contributed by atoms with Crippen molar-refractivity contribution in [1.82, 2.24) is 14.7 Å². The van der Waals surface area contributed by atoms with Crippen molar-refractivity contribution in [3.8, 4) is 0 Å². The van der Waals surface area contributed by atoms with Crippen molar-refractivity contribution in [3.63, 3.8) is 0 Å².